The van der Waals surface area contributed by atoms with E-state index in [-0.39, 0.29) is 5.91 Å². The number of nitrogens with zero attached hydrogens (tertiary/aromatic N) is 5. The molecule has 42 heavy (non-hydrogen) atoms. The van der Waals surface area contributed by atoms with E-state index in [1.54, 1.807) is 29.6 Å². The van der Waals surface area contributed by atoms with Crippen molar-refractivity contribution < 1.29 is 14.3 Å². The molecule has 2 atom stereocenters. The Hall–Kier alpha value is -4.32. The first kappa shape index (κ1) is 30.6. The lowest BCUT2D eigenvalue weighted by Crippen LogP contribution is -2.59. The van der Waals surface area contributed by atoms with Gasteiger partial charge in [0, 0.05) is 26.2 Å². The topological polar surface area (TPSA) is 117 Å². The van der Waals surface area contributed by atoms with E-state index in [1.807, 2.05) is 81.6 Å². The number of hydrogen-bond acceptors (Lipinski definition) is 5. The van der Waals surface area contributed by atoms with Crippen LogP contribution < -0.4 is 10.5 Å². The minimum absolute atomic E-state index is 0.125. The standard InChI is InChI=1S/C33H42N6O3/c1-8-33(16-9-10-17-37(6)29(33)40)25-12-11-13-26(18-25)42-27-19-24(15-14-23(27)20-34)32(5,28-21-36-22-38(28)7)39(30(35)41)31(2,3)4/h11-15,18-19,21-22H,8-10,16-17H2,1-7H3,(H2,35,41)/t32?,33-/m1/s1. The third-order valence-electron chi connectivity index (χ3n) is 8.64. The van der Waals surface area contributed by atoms with Gasteiger partial charge in [0.05, 0.1) is 29.2 Å². The maximum absolute atomic E-state index is 13.6. The third kappa shape index (κ3) is 5.34. The number of imidazole rings is 1. The number of urea groups is 1. The molecule has 0 spiro atoms. The molecule has 1 aliphatic rings. The molecule has 9 heteroatoms. The highest BCUT2D eigenvalue weighted by molar-refractivity contribution is 5.88. The summed E-state index contributed by atoms with van der Waals surface area (Å²) >= 11 is 0. The van der Waals surface area contributed by atoms with Crippen molar-refractivity contribution in [3.63, 3.8) is 0 Å². The van der Waals surface area contributed by atoms with Crippen LogP contribution in [0.3, 0.4) is 0 Å². The van der Waals surface area contributed by atoms with Crippen LogP contribution in [0.1, 0.15) is 82.7 Å². The van der Waals surface area contributed by atoms with E-state index in [2.05, 4.69) is 18.0 Å². The first-order valence-corrected chi connectivity index (χ1v) is 14.4. The number of carbonyl (C=O) groups is 2. The van der Waals surface area contributed by atoms with Crippen molar-refractivity contribution in [1.29, 1.82) is 5.26 Å². The minimum Gasteiger partial charge on any atom is -0.456 e. The molecule has 2 heterocycles. The first-order valence-electron chi connectivity index (χ1n) is 14.4. The number of amides is 3. The molecule has 2 aromatic carbocycles. The lowest BCUT2D eigenvalue weighted by Gasteiger charge is -2.48. The molecule has 4 rings (SSSR count). The van der Waals surface area contributed by atoms with E-state index in [4.69, 9.17) is 10.5 Å². The van der Waals surface area contributed by atoms with Gasteiger partial charge in [0.2, 0.25) is 5.91 Å². The number of likely N-dealkylation sites (N-methyl/N-ethyl adjacent to an activating group) is 1. The Morgan fingerprint density at radius 3 is 2.50 bits per heavy atom. The van der Waals surface area contributed by atoms with Crippen LogP contribution in [0.5, 0.6) is 11.5 Å². The summed E-state index contributed by atoms with van der Waals surface area (Å²) < 4.78 is 8.28. The fraction of sp³-hybridized carbons (Fsp3) is 0.455. The molecule has 2 N–H and O–H groups in total. The summed E-state index contributed by atoms with van der Waals surface area (Å²) in [6.45, 7) is 10.5. The van der Waals surface area contributed by atoms with Gasteiger partial charge in [-0.15, -0.1) is 0 Å². The van der Waals surface area contributed by atoms with Gasteiger partial charge >= 0.3 is 6.03 Å². The van der Waals surface area contributed by atoms with Crippen molar-refractivity contribution in [2.75, 3.05) is 13.6 Å². The van der Waals surface area contributed by atoms with Gasteiger partial charge in [0.25, 0.3) is 0 Å². The number of ether oxygens (including phenoxy) is 1. The highest BCUT2D eigenvalue weighted by Gasteiger charge is 2.46. The van der Waals surface area contributed by atoms with Crippen molar-refractivity contribution in [3.05, 3.63) is 77.4 Å². The van der Waals surface area contributed by atoms with Crippen LogP contribution in [0.4, 0.5) is 4.79 Å². The lowest BCUT2D eigenvalue weighted by molar-refractivity contribution is -0.135. The number of nitriles is 1. The van der Waals surface area contributed by atoms with Crippen LogP contribution in [-0.2, 0) is 22.8 Å². The summed E-state index contributed by atoms with van der Waals surface area (Å²) in [4.78, 5) is 34.3. The van der Waals surface area contributed by atoms with E-state index in [0.717, 1.165) is 37.1 Å². The van der Waals surface area contributed by atoms with Gasteiger partial charge in [-0.1, -0.05) is 31.5 Å². The SMILES string of the molecule is CC[C@]1(c2cccc(Oc3cc(C(C)(c4cncn4C)N(C(N)=O)C(C)(C)C)ccc3C#N)c2)CCCCN(C)C1=O. The van der Waals surface area contributed by atoms with E-state index in [1.165, 1.54) is 0 Å². The molecule has 1 aliphatic heterocycles. The van der Waals surface area contributed by atoms with Gasteiger partial charge in [-0.3, -0.25) is 4.79 Å². The molecule has 0 aliphatic carbocycles. The predicted molar refractivity (Wildman–Crippen MR) is 162 cm³/mol. The summed E-state index contributed by atoms with van der Waals surface area (Å²) in [6, 6.07) is 14.6. The summed E-state index contributed by atoms with van der Waals surface area (Å²) in [5.74, 6) is 0.993. The number of aromatic nitrogens is 2. The predicted octanol–water partition coefficient (Wildman–Crippen LogP) is 5.82. The summed E-state index contributed by atoms with van der Waals surface area (Å²) in [6.07, 6.45) is 6.79. The van der Waals surface area contributed by atoms with Gasteiger partial charge < -0.3 is 24.8 Å². The highest BCUT2D eigenvalue weighted by Crippen LogP contribution is 2.43. The summed E-state index contributed by atoms with van der Waals surface area (Å²) in [5, 5.41) is 10.00. The molecule has 1 saturated heterocycles. The minimum atomic E-state index is -1.05. The molecule has 3 aromatic rings. The van der Waals surface area contributed by atoms with Crippen molar-refractivity contribution in [1.82, 2.24) is 19.4 Å². The average molecular weight is 571 g/mol. The fourth-order valence-corrected chi connectivity index (χ4v) is 6.58. The average Bonchev–Trinajstić information content (AvgIpc) is 3.32. The Bertz CT molecular complexity index is 1520. The fourth-order valence-electron chi connectivity index (χ4n) is 6.58. The van der Waals surface area contributed by atoms with Gasteiger partial charge in [-0.2, -0.15) is 5.26 Å². The number of primary amides is 1. The molecule has 9 nitrogen and oxygen atoms in total. The molecule has 1 fully saturated rings. The number of likely N-dealkylation sites (tertiary alicyclic amines) is 1. The van der Waals surface area contributed by atoms with Crippen molar-refractivity contribution in [3.8, 4) is 17.6 Å². The zero-order valence-corrected chi connectivity index (χ0v) is 25.8. The van der Waals surface area contributed by atoms with Crippen LogP contribution in [0.2, 0.25) is 0 Å². The van der Waals surface area contributed by atoms with Gasteiger partial charge in [-0.25, -0.2) is 9.78 Å². The molecule has 1 aromatic heterocycles. The largest absolute Gasteiger partial charge is 0.456 e. The Balaban J connectivity index is 1.84. The Kier molecular flexibility index (Phi) is 8.40. The molecule has 0 bridgehead atoms. The second-order valence-electron chi connectivity index (χ2n) is 12.4. The molecule has 3 amide bonds. The number of hydrogen-bond donors (Lipinski definition) is 1. The second-order valence-corrected chi connectivity index (χ2v) is 12.4. The van der Waals surface area contributed by atoms with Gasteiger partial charge in [0.15, 0.2) is 0 Å². The Morgan fingerprint density at radius 1 is 1.17 bits per heavy atom. The van der Waals surface area contributed by atoms with E-state index in [0.29, 0.717) is 29.0 Å². The molecule has 0 radical (unpaired) electrons. The van der Waals surface area contributed by atoms with Crippen molar-refractivity contribution in [2.24, 2.45) is 12.8 Å². The zero-order chi connectivity index (χ0) is 30.9. The highest BCUT2D eigenvalue weighted by atomic mass is 16.5. The number of nitrogens with two attached hydrogens (primary N) is 1. The third-order valence-corrected chi connectivity index (χ3v) is 8.64. The van der Waals surface area contributed by atoms with Crippen LogP contribution in [-0.4, -0.2) is 50.4 Å². The van der Waals surface area contributed by atoms with Crippen molar-refractivity contribution in [2.45, 2.75) is 76.8 Å². The zero-order valence-electron chi connectivity index (χ0n) is 25.8. The molecule has 1 unspecified atom stereocenters. The molecular formula is C33H42N6O3. The quantitative estimate of drug-likeness (QED) is 0.384. The maximum atomic E-state index is 13.6. The van der Waals surface area contributed by atoms with E-state index < -0.39 is 22.5 Å². The summed E-state index contributed by atoms with van der Waals surface area (Å²) in [5.41, 5.74) is 6.38. The monoisotopic (exact) mass is 570 g/mol. The van der Waals surface area contributed by atoms with Crippen LogP contribution in [0.15, 0.2) is 55.0 Å². The number of benzene rings is 2. The molecule has 0 saturated carbocycles. The number of carbonyl (C=O) groups excluding carboxylic acids is 2. The normalized spacial score (nSPS) is 19.0. The lowest BCUT2D eigenvalue weighted by atomic mass is 9.73. The molecule has 222 valence electrons. The Morgan fingerprint density at radius 2 is 1.90 bits per heavy atom. The van der Waals surface area contributed by atoms with Gasteiger partial charge in [-0.05, 0) is 82.3 Å². The smallest absolute Gasteiger partial charge is 0.316 e. The van der Waals surface area contributed by atoms with E-state index >= 15 is 0 Å². The van der Waals surface area contributed by atoms with Crippen LogP contribution in [0.25, 0.3) is 0 Å². The van der Waals surface area contributed by atoms with Crippen molar-refractivity contribution >= 4 is 11.9 Å². The molecular weight excluding hydrogens is 528 g/mol. The summed E-state index contributed by atoms with van der Waals surface area (Å²) in [7, 11) is 3.74. The second kappa shape index (κ2) is 11.5. The van der Waals surface area contributed by atoms with E-state index in [9.17, 15) is 14.9 Å². The van der Waals surface area contributed by atoms with Crippen LogP contribution >= 0.6 is 0 Å². The van der Waals surface area contributed by atoms with Gasteiger partial charge in [0.1, 0.15) is 23.1 Å². The first-order chi connectivity index (χ1) is 19.8. The number of rotatable bonds is 7. The maximum Gasteiger partial charge on any atom is 0.316 e. The van der Waals surface area contributed by atoms with Crippen LogP contribution in [0, 0.1) is 11.3 Å². The Labute approximate surface area is 248 Å². The number of aryl methyl sites for hydroxylation is 1.